The van der Waals surface area contributed by atoms with Crippen molar-refractivity contribution in [2.24, 2.45) is 0 Å². The van der Waals surface area contributed by atoms with Gasteiger partial charge in [-0.25, -0.2) is 0 Å². The molecule has 2 nitrogen and oxygen atoms in total. The van der Waals surface area contributed by atoms with Crippen molar-refractivity contribution in [2.45, 2.75) is 33.1 Å². The Hall–Kier alpha value is -1.57. The summed E-state index contributed by atoms with van der Waals surface area (Å²) in [5.41, 5.74) is 5.05. The third-order valence-corrected chi connectivity index (χ3v) is 2.86. The second kappa shape index (κ2) is 4.97. The summed E-state index contributed by atoms with van der Waals surface area (Å²) in [6.07, 6.45) is 5.43. The molecule has 16 heavy (non-hydrogen) atoms. The van der Waals surface area contributed by atoms with Crippen molar-refractivity contribution in [3.63, 3.8) is 0 Å². The summed E-state index contributed by atoms with van der Waals surface area (Å²) < 4.78 is 0. The van der Waals surface area contributed by atoms with Crippen molar-refractivity contribution in [1.82, 2.24) is 10.2 Å². The molecule has 1 N–H and O–H groups in total. The quantitative estimate of drug-likeness (QED) is 0.825. The van der Waals surface area contributed by atoms with Crippen LogP contribution in [0.2, 0.25) is 0 Å². The second-order valence-electron chi connectivity index (χ2n) is 4.23. The molecule has 0 aliphatic rings. The number of nitrogens with one attached hydrogen (secondary N) is 1. The van der Waals surface area contributed by atoms with Crippen molar-refractivity contribution < 1.29 is 0 Å². The monoisotopic (exact) mass is 214 g/mol. The third kappa shape index (κ3) is 2.32. The van der Waals surface area contributed by atoms with E-state index in [1.54, 1.807) is 0 Å². The van der Waals surface area contributed by atoms with E-state index in [0.29, 0.717) is 0 Å². The van der Waals surface area contributed by atoms with Crippen LogP contribution in [-0.4, -0.2) is 10.2 Å². The van der Waals surface area contributed by atoms with Gasteiger partial charge in [-0.15, -0.1) is 0 Å². The largest absolute Gasteiger partial charge is 0.282 e. The summed E-state index contributed by atoms with van der Waals surface area (Å²) in [4.78, 5) is 0. The summed E-state index contributed by atoms with van der Waals surface area (Å²) in [5.74, 6) is 0. The Morgan fingerprint density at radius 2 is 1.94 bits per heavy atom. The zero-order valence-corrected chi connectivity index (χ0v) is 9.96. The molecule has 2 heteroatoms. The standard InChI is InChI=1S/C14H18N2/c1-3-4-5-14-13(10-15-16-14)12-8-6-11(2)7-9-12/h6-10H,3-5H2,1-2H3,(H,15,16). The minimum Gasteiger partial charge on any atom is -0.282 e. The molecule has 0 aliphatic carbocycles. The number of rotatable bonds is 4. The Bertz CT molecular complexity index is 440. The van der Waals surface area contributed by atoms with Gasteiger partial charge in [0.05, 0.1) is 6.20 Å². The zero-order valence-electron chi connectivity index (χ0n) is 9.96. The average molecular weight is 214 g/mol. The minimum atomic E-state index is 1.08. The van der Waals surface area contributed by atoms with Crippen molar-refractivity contribution in [3.05, 3.63) is 41.7 Å². The smallest absolute Gasteiger partial charge is 0.0568 e. The first-order valence-corrected chi connectivity index (χ1v) is 5.90. The number of nitrogens with zero attached hydrogens (tertiary/aromatic N) is 1. The Balaban J connectivity index is 2.26. The first-order valence-electron chi connectivity index (χ1n) is 5.90. The summed E-state index contributed by atoms with van der Waals surface area (Å²) in [6.45, 7) is 4.32. The van der Waals surface area contributed by atoms with E-state index < -0.39 is 0 Å². The van der Waals surface area contributed by atoms with Crippen LogP contribution in [-0.2, 0) is 6.42 Å². The molecular weight excluding hydrogens is 196 g/mol. The minimum absolute atomic E-state index is 1.08. The first-order chi connectivity index (χ1) is 7.81. The number of aryl methyl sites for hydroxylation is 2. The lowest BCUT2D eigenvalue weighted by atomic mass is 10.0. The first kappa shape index (κ1) is 10.9. The van der Waals surface area contributed by atoms with Gasteiger partial charge in [0.2, 0.25) is 0 Å². The van der Waals surface area contributed by atoms with Gasteiger partial charge in [-0.05, 0) is 25.3 Å². The lowest BCUT2D eigenvalue weighted by molar-refractivity contribution is 0.773. The molecule has 0 amide bonds. The lowest BCUT2D eigenvalue weighted by Crippen LogP contribution is -1.88. The molecule has 0 saturated carbocycles. The van der Waals surface area contributed by atoms with Gasteiger partial charge in [0.1, 0.15) is 0 Å². The van der Waals surface area contributed by atoms with Crippen LogP contribution in [0, 0.1) is 6.92 Å². The normalized spacial score (nSPS) is 10.6. The highest BCUT2D eigenvalue weighted by Crippen LogP contribution is 2.23. The van der Waals surface area contributed by atoms with Crippen LogP contribution in [0.5, 0.6) is 0 Å². The lowest BCUT2D eigenvalue weighted by Gasteiger charge is -2.03. The molecule has 0 saturated heterocycles. The number of aromatic amines is 1. The highest BCUT2D eigenvalue weighted by molar-refractivity contribution is 5.65. The van der Waals surface area contributed by atoms with E-state index in [1.165, 1.54) is 35.2 Å². The van der Waals surface area contributed by atoms with Crippen LogP contribution >= 0.6 is 0 Å². The molecule has 1 heterocycles. The summed E-state index contributed by atoms with van der Waals surface area (Å²) in [5, 5.41) is 7.25. The maximum Gasteiger partial charge on any atom is 0.0568 e. The molecule has 0 radical (unpaired) electrons. The van der Waals surface area contributed by atoms with Gasteiger partial charge in [-0.1, -0.05) is 43.2 Å². The molecule has 0 fully saturated rings. The molecule has 0 atom stereocenters. The molecule has 1 aromatic carbocycles. The number of aromatic nitrogens is 2. The number of unbranched alkanes of at least 4 members (excludes halogenated alkanes) is 1. The summed E-state index contributed by atoms with van der Waals surface area (Å²) in [6, 6.07) is 8.61. The maximum atomic E-state index is 4.15. The van der Waals surface area contributed by atoms with Gasteiger partial charge in [-0.2, -0.15) is 5.10 Å². The zero-order chi connectivity index (χ0) is 11.4. The van der Waals surface area contributed by atoms with Crippen LogP contribution in [0.3, 0.4) is 0 Å². The highest BCUT2D eigenvalue weighted by Gasteiger charge is 2.06. The van der Waals surface area contributed by atoms with E-state index in [4.69, 9.17) is 0 Å². The van der Waals surface area contributed by atoms with Crippen LogP contribution in [0.4, 0.5) is 0 Å². The molecule has 0 bridgehead atoms. The molecule has 0 aliphatic heterocycles. The van der Waals surface area contributed by atoms with E-state index in [-0.39, 0.29) is 0 Å². The predicted octanol–water partition coefficient (Wildman–Crippen LogP) is 3.73. The molecule has 84 valence electrons. The van der Waals surface area contributed by atoms with E-state index >= 15 is 0 Å². The topological polar surface area (TPSA) is 28.7 Å². The number of H-pyrrole nitrogens is 1. The number of hydrogen-bond donors (Lipinski definition) is 1. The predicted molar refractivity (Wildman–Crippen MR) is 67.4 cm³/mol. The van der Waals surface area contributed by atoms with Crippen molar-refractivity contribution in [1.29, 1.82) is 0 Å². The SMILES string of the molecule is CCCCc1[nH]ncc1-c1ccc(C)cc1. The van der Waals surface area contributed by atoms with Gasteiger partial charge in [-0.3, -0.25) is 5.10 Å². The Morgan fingerprint density at radius 1 is 1.19 bits per heavy atom. The van der Waals surface area contributed by atoms with Gasteiger partial charge >= 0.3 is 0 Å². The molecule has 2 aromatic rings. The second-order valence-corrected chi connectivity index (χ2v) is 4.23. The summed E-state index contributed by atoms with van der Waals surface area (Å²) in [7, 11) is 0. The number of benzene rings is 1. The fraction of sp³-hybridized carbons (Fsp3) is 0.357. The van der Waals surface area contributed by atoms with E-state index in [1.807, 2.05) is 6.20 Å². The molecule has 0 spiro atoms. The Labute approximate surface area is 96.7 Å². The van der Waals surface area contributed by atoms with Crippen molar-refractivity contribution in [2.75, 3.05) is 0 Å². The highest BCUT2D eigenvalue weighted by atomic mass is 15.1. The average Bonchev–Trinajstić information content (AvgIpc) is 2.75. The fourth-order valence-corrected chi connectivity index (χ4v) is 1.84. The van der Waals surface area contributed by atoms with E-state index in [2.05, 4.69) is 48.3 Å². The van der Waals surface area contributed by atoms with Crippen LogP contribution in [0.25, 0.3) is 11.1 Å². The van der Waals surface area contributed by atoms with Crippen molar-refractivity contribution in [3.8, 4) is 11.1 Å². The van der Waals surface area contributed by atoms with E-state index in [9.17, 15) is 0 Å². The van der Waals surface area contributed by atoms with Crippen LogP contribution in [0.15, 0.2) is 30.5 Å². The summed E-state index contributed by atoms with van der Waals surface area (Å²) >= 11 is 0. The number of hydrogen-bond acceptors (Lipinski definition) is 1. The Morgan fingerprint density at radius 3 is 2.62 bits per heavy atom. The van der Waals surface area contributed by atoms with Crippen LogP contribution < -0.4 is 0 Å². The van der Waals surface area contributed by atoms with E-state index in [0.717, 1.165) is 6.42 Å². The van der Waals surface area contributed by atoms with Crippen molar-refractivity contribution >= 4 is 0 Å². The van der Waals surface area contributed by atoms with Crippen LogP contribution in [0.1, 0.15) is 31.0 Å². The van der Waals surface area contributed by atoms with Gasteiger partial charge in [0, 0.05) is 11.3 Å². The Kier molecular flexibility index (Phi) is 3.40. The maximum absolute atomic E-state index is 4.15. The van der Waals surface area contributed by atoms with Gasteiger partial charge in [0.25, 0.3) is 0 Å². The third-order valence-electron chi connectivity index (χ3n) is 2.86. The van der Waals surface area contributed by atoms with Gasteiger partial charge in [0.15, 0.2) is 0 Å². The molecule has 2 rings (SSSR count). The van der Waals surface area contributed by atoms with Gasteiger partial charge < -0.3 is 0 Å². The fourth-order valence-electron chi connectivity index (χ4n) is 1.84. The molecule has 0 unspecified atom stereocenters. The molecule has 1 aromatic heterocycles. The molecular formula is C14H18N2.